The molecule has 0 aliphatic heterocycles. The number of aliphatic hydroxyl groups is 2. The fraction of sp³-hybridized carbons (Fsp3) is 0.786. The summed E-state index contributed by atoms with van der Waals surface area (Å²) < 4.78 is 3.60. The third-order valence-electron chi connectivity index (χ3n) is 14.5. The van der Waals surface area contributed by atoms with Crippen LogP contribution >= 0.6 is 17.2 Å². The van der Waals surface area contributed by atoms with Gasteiger partial charge in [-0.15, -0.1) is 0 Å². The van der Waals surface area contributed by atoms with Gasteiger partial charge in [-0.1, -0.05) is 224 Å². The minimum atomic E-state index is -2.61. The van der Waals surface area contributed by atoms with Crippen LogP contribution in [0.15, 0.2) is 36.4 Å². The summed E-state index contributed by atoms with van der Waals surface area (Å²) in [5.74, 6) is 1.55. The lowest BCUT2D eigenvalue weighted by molar-refractivity contribution is -0.0881. The lowest BCUT2D eigenvalue weighted by Gasteiger charge is -2.52. The fourth-order valence-electron chi connectivity index (χ4n) is 10.2. The van der Waals surface area contributed by atoms with Gasteiger partial charge in [0.2, 0.25) is 0 Å². The summed E-state index contributed by atoms with van der Waals surface area (Å²) in [6.45, 7) is 37.0. The predicted octanol–water partition coefficient (Wildman–Crippen LogP) is 16.4. The summed E-state index contributed by atoms with van der Waals surface area (Å²) in [5, 5.41) is 26.0. The summed E-state index contributed by atoms with van der Waals surface area (Å²) in [7, 11) is -5.22. The highest BCUT2D eigenvalue weighted by molar-refractivity contribution is 7.53. The molecule has 1 aliphatic carbocycles. The van der Waals surface area contributed by atoms with Gasteiger partial charge < -0.3 is 29.8 Å². The van der Waals surface area contributed by atoms with E-state index < -0.39 is 29.4 Å². The van der Waals surface area contributed by atoms with E-state index in [0.29, 0.717) is 0 Å². The van der Waals surface area contributed by atoms with Crippen LogP contribution in [-0.2, 0) is 26.0 Å². The van der Waals surface area contributed by atoms with Gasteiger partial charge in [-0.2, -0.15) is 0 Å². The summed E-state index contributed by atoms with van der Waals surface area (Å²) in [6, 6.07) is 14.0. The van der Waals surface area contributed by atoms with Gasteiger partial charge in [0.1, 0.15) is 0 Å². The van der Waals surface area contributed by atoms with Crippen LogP contribution in [0.2, 0.25) is 0 Å². The Hall–Kier alpha value is -0.980. The minimum Gasteiger partial charge on any atom is -0.388 e. The first kappa shape index (κ1) is 60.1. The van der Waals surface area contributed by atoms with E-state index in [2.05, 4.69) is 151 Å². The van der Waals surface area contributed by atoms with Crippen molar-refractivity contribution in [1.82, 2.24) is 0 Å². The maximum Gasteiger partial charge on any atom is 0.334 e. The summed E-state index contributed by atoms with van der Waals surface area (Å²) >= 11 is 0. The van der Waals surface area contributed by atoms with Gasteiger partial charge in [0.15, 0.2) is 0 Å². The van der Waals surface area contributed by atoms with Crippen molar-refractivity contribution in [1.29, 1.82) is 0 Å². The quantitative estimate of drug-likeness (QED) is 0.0512. The zero-order valence-electron chi connectivity index (χ0n) is 44.5. The van der Waals surface area contributed by atoms with Gasteiger partial charge in [0.25, 0.3) is 0 Å². The summed E-state index contributed by atoms with van der Waals surface area (Å²) in [4.78, 5) is 31.3. The van der Waals surface area contributed by atoms with Crippen molar-refractivity contribution in [2.75, 3.05) is 0 Å². The van der Waals surface area contributed by atoms with E-state index in [1.54, 1.807) is 0 Å². The number of hydrogen-bond donors (Lipinski definition) is 6. The van der Waals surface area contributed by atoms with Gasteiger partial charge >= 0.3 is 17.2 Å². The molecule has 2 aromatic rings. The predicted molar refractivity (Wildman–Crippen MR) is 279 cm³/mol. The number of hydrogen-bond acceptors (Lipinski definition) is 7. The number of aliphatic hydroxyl groups excluding tert-OH is 2. The van der Waals surface area contributed by atoms with Crippen LogP contribution in [0.4, 0.5) is 0 Å². The Bertz CT molecular complexity index is 1530. The molecule has 1 aliphatic rings. The Morgan fingerprint density at radius 3 is 1.00 bits per heavy atom. The first-order valence-corrected chi connectivity index (χ1v) is 27.9. The highest BCUT2D eigenvalue weighted by atomic mass is 31.2. The lowest BCUT2D eigenvalue weighted by atomic mass is 9.55. The molecule has 2 atom stereocenters. The van der Waals surface area contributed by atoms with Crippen molar-refractivity contribution in [3.8, 4) is 0 Å². The van der Waals surface area contributed by atoms with Gasteiger partial charge in [0.05, 0.1) is 12.2 Å². The molecule has 3 rings (SSSR count). The molecular formula is C56H100O7P2. The van der Waals surface area contributed by atoms with Crippen molar-refractivity contribution in [3.05, 3.63) is 69.8 Å². The molecule has 0 radical (unpaired) electrons. The second-order valence-corrected chi connectivity index (χ2v) is 26.8. The molecule has 0 saturated heterocycles. The van der Waals surface area contributed by atoms with Crippen LogP contribution in [0.3, 0.4) is 0 Å². The molecule has 7 nitrogen and oxygen atoms in total. The monoisotopic (exact) mass is 947 g/mol. The van der Waals surface area contributed by atoms with E-state index in [9.17, 15) is 10.2 Å². The molecule has 6 N–H and O–H groups in total. The van der Waals surface area contributed by atoms with Crippen LogP contribution in [0.25, 0.3) is 0 Å². The standard InChI is InChI=1S/C56H96O2.H4O5P2/c1-41(2)27-23-19-17-21-25-33-55(49(57)45-31-29-43(51(5,6)7)39-47(45)53(11,12)13)35-37-56(38-36-55,34-26-22-18-20-24-28-42(3)4)50(58)46-32-30-44(52(8,9)10)40-48(46)54(14,15)16;1-6(2)5-7(3)4/h29-32,39-42,49-50,57-58H,17-28,33-38H2,1-16H3;1-4H. The summed E-state index contributed by atoms with van der Waals surface area (Å²) in [6.07, 6.45) is 20.2. The second kappa shape index (κ2) is 26.3. The normalized spacial score (nSPS) is 19.8. The van der Waals surface area contributed by atoms with Crippen molar-refractivity contribution in [2.45, 2.75) is 260 Å². The first-order valence-electron chi connectivity index (χ1n) is 25.6. The average molecular weight is 947 g/mol. The van der Waals surface area contributed by atoms with Gasteiger partial charge in [0, 0.05) is 10.8 Å². The maximum absolute atomic E-state index is 13.0. The Morgan fingerprint density at radius 2 is 0.754 bits per heavy atom. The molecule has 65 heavy (non-hydrogen) atoms. The van der Waals surface area contributed by atoms with E-state index in [0.717, 1.165) is 74.3 Å². The molecule has 1 fully saturated rings. The fourth-order valence-corrected chi connectivity index (χ4v) is 10.8. The molecule has 2 aromatic carbocycles. The van der Waals surface area contributed by atoms with Crippen molar-refractivity contribution >= 4 is 17.2 Å². The molecule has 0 amide bonds. The third-order valence-corrected chi connectivity index (χ3v) is 15.7. The number of benzene rings is 2. The molecule has 2 unspecified atom stereocenters. The molecule has 0 spiro atoms. The second-order valence-electron chi connectivity index (χ2n) is 25.1. The van der Waals surface area contributed by atoms with Gasteiger partial charge in [-0.25, -0.2) is 4.31 Å². The van der Waals surface area contributed by atoms with E-state index in [4.69, 9.17) is 19.6 Å². The minimum absolute atomic E-state index is 0.0444. The highest BCUT2D eigenvalue weighted by Crippen LogP contribution is 2.60. The van der Waals surface area contributed by atoms with Crippen LogP contribution in [0.5, 0.6) is 0 Å². The molecule has 0 heterocycles. The molecule has 0 bridgehead atoms. The average Bonchev–Trinajstić information content (AvgIpc) is 3.18. The number of rotatable bonds is 22. The van der Waals surface area contributed by atoms with Crippen LogP contribution in [0, 0.1) is 22.7 Å². The van der Waals surface area contributed by atoms with E-state index in [1.807, 2.05) is 0 Å². The van der Waals surface area contributed by atoms with Crippen LogP contribution < -0.4 is 0 Å². The van der Waals surface area contributed by atoms with Crippen molar-refractivity contribution in [2.24, 2.45) is 22.7 Å². The maximum atomic E-state index is 13.0. The van der Waals surface area contributed by atoms with Crippen LogP contribution in [-0.4, -0.2) is 29.8 Å². The van der Waals surface area contributed by atoms with Crippen molar-refractivity contribution in [3.63, 3.8) is 0 Å². The zero-order valence-corrected chi connectivity index (χ0v) is 46.3. The molecule has 376 valence electrons. The molecule has 1 saturated carbocycles. The van der Waals surface area contributed by atoms with Crippen molar-refractivity contribution < 1.29 is 34.1 Å². The Balaban J connectivity index is 0.00000191. The third kappa shape index (κ3) is 19.7. The first-order chi connectivity index (χ1) is 29.9. The molecule has 0 aromatic heterocycles. The largest absolute Gasteiger partial charge is 0.388 e. The zero-order chi connectivity index (χ0) is 49.6. The number of unbranched alkanes of at least 4 members (excludes halogenated alkanes) is 8. The SMILES string of the molecule is CC(C)CCCCCCCC1(C(O)c2ccc(C(C)(C)C)cc2C(C)(C)C)CCC(CCCCCCCC(C)C)(C(O)c2ccc(C(C)(C)C)cc2C(C)(C)C)CC1.OP(O)OP(O)O. The molecular weight excluding hydrogens is 847 g/mol. The Morgan fingerprint density at radius 1 is 0.462 bits per heavy atom. The van der Waals surface area contributed by atoms with Gasteiger partial charge in [-0.05, 0) is 105 Å². The smallest absolute Gasteiger partial charge is 0.334 e. The summed E-state index contributed by atoms with van der Waals surface area (Å²) in [5.41, 5.74) is 7.06. The van der Waals surface area contributed by atoms with E-state index >= 15 is 0 Å². The lowest BCUT2D eigenvalue weighted by Crippen LogP contribution is -2.42. The Kier molecular flexibility index (Phi) is 24.3. The van der Waals surface area contributed by atoms with E-state index in [-0.39, 0.29) is 32.5 Å². The topological polar surface area (TPSA) is 131 Å². The Labute approximate surface area is 402 Å². The van der Waals surface area contributed by atoms with Gasteiger partial charge in [-0.3, -0.25) is 0 Å². The molecule has 9 heteroatoms. The highest BCUT2D eigenvalue weighted by Gasteiger charge is 2.50. The van der Waals surface area contributed by atoms with E-state index in [1.165, 1.54) is 86.5 Å². The van der Waals surface area contributed by atoms with Crippen LogP contribution in [0.1, 0.15) is 272 Å².